The Bertz CT molecular complexity index is 1180. The SMILES string of the molecule is CC(C)C[C@H](N)C(=O)N(CC#N)[C@@H](c1ccc(-c2ccc(Br)c(S(C)(=O)=O)c2)cc1)C(F)(F)F. The van der Waals surface area contributed by atoms with Gasteiger partial charge in [-0.15, -0.1) is 0 Å². The Kier molecular flexibility index (Phi) is 8.91. The monoisotopic (exact) mass is 559 g/mol. The van der Waals surface area contributed by atoms with Crippen LogP contribution in [-0.2, 0) is 14.6 Å². The van der Waals surface area contributed by atoms with Gasteiger partial charge in [-0.2, -0.15) is 18.4 Å². The molecule has 0 saturated heterocycles. The van der Waals surface area contributed by atoms with Gasteiger partial charge in [-0.05, 0) is 57.1 Å². The summed E-state index contributed by atoms with van der Waals surface area (Å²) in [4.78, 5) is 13.3. The van der Waals surface area contributed by atoms with Crippen molar-refractivity contribution in [2.75, 3.05) is 12.8 Å². The van der Waals surface area contributed by atoms with Gasteiger partial charge in [-0.25, -0.2) is 8.42 Å². The molecule has 0 radical (unpaired) electrons. The minimum Gasteiger partial charge on any atom is -0.320 e. The van der Waals surface area contributed by atoms with E-state index < -0.39 is 40.5 Å². The zero-order valence-corrected chi connectivity index (χ0v) is 21.2. The Labute approximate surface area is 205 Å². The van der Waals surface area contributed by atoms with Crippen LogP contribution in [0.15, 0.2) is 51.8 Å². The van der Waals surface area contributed by atoms with Crippen LogP contribution in [0.1, 0.15) is 31.9 Å². The van der Waals surface area contributed by atoms with E-state index in [-0.39, 0.29) is 22.8 Å². The predicted octanol–water partition coefficient (Wildman–Crippen LogP) is 4.85. The minimum atomic E-state index is -4.85. The molecule has 0 spiro atoms. The van der Waals surface area contributed by atoms with Crippen molar-refractivity contribution in [3.05, 3.63) is 52.5 Å². The van der Waals surface area contributed by atoms with Crippen molar-refractivity contribution in [1.29, 1.82) is 5.26 Å². The first-order chi connectivity index (χ1) is 15.7. The quantitative estimate of drug-likeness (QED) is 0.465. The van der Waals surface area contributed by atoms with Gasteiger partial charge in [0.15, 0.2) is 15.9 Å². The van der Waals surface area contributed by atoms with Gasteiger partial charge in [0, 0.05) is 10.7 Å². The molecule has 0 aliphatic rings. The molecule has 0 aliphatic carbocycles. The average Bonchev–Trinajstić information content (AvgIpc) is 2.71. The molecule has 0 aliphatic heterocycles. The molecular weight excluding hydrogens is 535 g/mol. The maximum absolute atomic E-state index is 14.1. The van der Waals surface area contributed by atoms with Crippen molar-refractivity contribution >= 4 is 31.7 Å². The number of alkyl halides is 3. The van der Waals surface area contributed by atoms with Crippen molar-refractivity contribution in [3.8, 4) is 17.2 Å². The van der Waals surface area contributed by atoms with Gasteiger partial charge in [0.2, 0.25) is 5.91 Å². The lowest BCUT2D eigenvalue weighted by Crippen LogP contribution is -2.49. The smallest absolute Gasteiger partial charge is 0.320 e. The zero-order chi connectivity index (χ0) is 25.8. The molecule has 0 heterocycles. The Balaban J connectivity index is 2.50. The second-order valence-electron chi connectivity index (χ2n) is 8.34. The van der Waals surface area contributed by atoms with Crippen LogP contribution in [-0.4, -0.2) is 44.2 Å². The zero-order valence-electron chi connectivity index (χ0n) is 18.8. The van der Waals surface area contributed by atoms with Crippen LogP contribution in [0.25, 0.3) is 11.1 Å². The Morgan fingerprint density at radius 1 is 1.15 bits per heavy atom. The molecule has 1 amide bonds. The molecule has 0 aromatic heterocycles. The second kappa shape index (κ2) is 10.9. The Morgan fingerprint density at radius 2 is 1.71 bits per heavy atom. The molecule has 11 heteroatoms. The fourth-order valence-corrected chi connectivity index (χ4v) is 5.46. The lowest BCUT2D eigenvalue weighted by Gasteiger charge is -2.33. The molecule has 184 valence electrons. The van der Waals surface area contributed by atoms with E-state index in [4.69, 9.17) is 11.0 Å². The van der Waals surface area contributed by atoms with Gasteiger partial charge >= 0.3 is 6.18 Å². The van der Waals surface area contributed by atoms with E-state index in [1.165, 1.54) is 30.3 Å². The van der Waals surface area contributed by atoms with E-state index in [9.17, 15) is 26.4 Å². The molecule has 2 rings (SSSR count). The van der Waals surface area contributed by atoms with E-state index >= 15 is 0 Å². The summed E-state index contributed by atoms with van der Waals surface area (Å²) >= 11 is 3.18. The molecule has 0 saturated carbocycles. The van der Waals surface area contributed by atoms with Crippen molar-refractivity contribution in [2.24, 2.45) is 11.7 Å². The predicted molar refractivity (Wildman–Crippen MR) is 126 cm³/mol. The summed E-state index contributed by atoms with van der Waals surface area (Å²) < 4.78 is 66.6. The van der Waals surface area contributed by atoms with Gasteiger partial charge in [-0.3, -0.25) is 4.79 Å². The highest BCUT2D eigenvalue weighted by Gasteiger charge is 2.47. The standard InChI is InChI=1S/C23H25BrF3N3O3S/c1-14(2)12-19(29)22(31)30(11-10-28)21(23(25,26)27)16-6-4-15(5-7-16)17-8-9-18(24)20(13-17)34(3,32)33/h4-9,13-14,19,21H,11-12,29H2,1-3H3/t19-,21-/m0/s1. The third-order valence-electron chi connectivity index (χ3n) is 5.08. The topological polar surface area (TPSA) is 104 Å². The number of nitriles is 1. The average molecular weight is 560 g/mol. The summed E-state index contributed by atoms with van der Waals surface area (Å²) in [6, 6.07) is 7.93. The fourth-order valence-electron chi connectivity index (χ4n) is 3.56. The van der Waals surface area contributed by atoms with Crippen LogP contribution in [0.5, 0.6) is 0 Å². The highest BCUT2D eigenvalue weighted by molar-refractivity contribution is 9.10. The van der Waals surface area contributed by atoms with Gasteiger partial charge in [0.05, 0.1) is 17.0 Å². The molecule has 2 aromatic carbocycles. The van der Waals surface area contributed by atoms with E-state index in [0.29, 0.717) is 20.5 Å². The summed E-state index contributed by atoms with van der Waals surface area (Å²) in [6.07, 6.45) is -3.62. The van der Waals surface area contributed by atoms with Crippen LogP contribution < -0.4 is 5.73 Å². The molecule has 0 fully saturated rings. The molecular formula is C23H25BrF3N3O3S. The molecule has 2 atom stereocenters. The molecule has 34 heavy (non-hydrogen) atoms. The highest BCUT2D eigenvalue weighted by atomic mass is 79.9. The van der Waals surface area contributed by atoms with Gasteiger partial charge in [0.25, 0.3) is 0 Å². The number of carbonyl (C=O) groups excluding carboxylic acids is 1. The van der Waals surface area contributed by atoms with Crippen molar-refractivity contribution in [3.63, 3.8) is 0 Å². The summed E-state index contributed by atoms with van der Waals surface area (Å²) in [6.45, 7) is 2.80. The summed E-state index contributed by atoms with van der Waals surface area (Å²) in [5, 5.41) is 9.11. The maximum atomic E-state index is 14.1. The number of sulfone groups is 1. The first-order valence-electron chi connectivity index (χ1n) is 10.3. The minimum absolute atomic E-state index is 0.0192. The van der Waals surface area contributed by atoms with Gasteiger partial charge < -0.3 is 10.6 Å². The molecule has 2 aromatic rings. The normalized spacial score (nSPS) is 13.9. The van der Waals surface area contributed by atoms with Crippen LogP contribution in [0.2, 0.25) is 0 Å². The lowest BCUT2D eigenvalue weighted by molar-refractivity contribution is -0.191. The van der Waals surface area contributed by atoms with Crippen LogP contribution in [0.3, 0.4) is 0 Å². The number of nitrogens with two attached hydrogens (primary N) is 1. The van der Waals surface area contributed by atoms with Crippen LogP contribution in [0.4, 0.5) is 13.2 Å². The number of nitrogens with zero attached hydrogens (tertiary/aromatic N) is 2. The molecule has 0 bridgehead atoms. The number of hydrogen-bond acceptors (Lipinski definition) is 5. The maximum Gasteiger partial charge on any atom is 0.413 e. The summed E-state index contributed by atoms with van der Waals surface area (Å²) in [5.41, 5.74) is 6.58. The first-order valence-corrected chi connectivity index (χ1v) is 12.9. The Hall–Kier alpha value is -2.42. The van der Waals surface area contributed by atoms with Gasteiger partial charge in [0.1, 0.15) is 6.54 Å². The second-order valence-corrected chi connectivity index (χ2v) is 11.2. The summed E-state index contributed by atoms with van der Waals surface area (Å²) in [7, 11) is -3.53. The number of amides is 1. The number of halogens is 4. The van der Waals surface area contributed by atoms with E-state index in [1.807, 2.05) is 0 Å². The summed E-state index contributed by atoms with van der Waals surface area (Å²) in [5.74, 6) is -0.971. The largest absolute Gasteiger partial charge is 0.413 e. The number of benzene rings is 2. The van der Waals surface area contributed by atoms with Crippen molar-refractivity contribution in [2.45, 2.75) is 43.4 Å². The molecule has 2 N–H and O–H groups in total. The van der Waals surface area contributed by atoms with E-state index in [1.54, 1.807) is 32.0 Å². The van der Waals surface area contributed by atoms with Gasteiger partial charge in [-0.1, -0.05) is 44.2 Å². The van der Waals surface area contributed by atoms with Crippen molar-refractivity contribution in [1.82, 2.24) is 4.90 Å². The molecule has 0 unspecified atom stereocenters. The first kappa shape index (κ1) is 27.8. The van der Waals surface area contributed by atoms with E-state index in [0.717, 1.165) is 6.26 Å². The third-order valence-corrected chi connectivity index (χ3v) is 7.17. The number of rotatable bonds is 8. The fraction of sp³-hybridized carbons (Fsp3) is 0.391. The van der Waals surface area contributed by atoms with Crippen LogP contribution >= 0.6 is 15.9 Å². The van der Waals surface area contributed by atoms with Crippen molar-refractivity contribution < 1.29 is 26.4 Å². The Morgan fingerprint density at radius 3 is 2.18 bits per heavy atom. The third kappa shape index (κ3) is 6.81. The number of carbonyl (C=O) groups is 1. The number of hydrogen-bond donors (Lipinski definition) is 1. The highest BCUT2D eigenvalue weighted by Crippen LogP contribution is 2.39. The van der Waals surface area contributed by atoms with E-state index in [2.05, 4.69) is 15.9 Å². The molecule has 6 nitrogen and oxygen atoms in total. The van der Waals surface area contributed by atoms with Crippen LogP contribution in [0, 0.1) is 17.2 Å². The lowest BCUT2D eigenvalue weighted by atomic mass is 9.98.